The van der Waals surface area contributed by atoms with Gasteiger partial charge in [-0.25, -0.2) is 9.51 Å². The summed E-state index contributed by atoms with van der Waals surface area (Å²) in [6, 6.07) is 0.415. The minimum atomic E-state index is -0.451. The lowest BCUT2D eigenvalue weighted by atomic mass is 9.75. The van der Waals surface area contributed by atoms with Gasteiger partial charge < -0.3 is 14.6 Å². The molecule has 6 heterocycles. The van der Waals surface area contributed by atoms with E-state index in [-0.39, 0.29) is 4.65 Å². The number of quaternary nitrogens is 1. The standard InChI is InChI=1S/C16H21N7O2/c1-10-11(2)22-13(7-17-10)19-14(21-22)20-15-18-8-16(25-15)9-23(24)5-3-12(16)4-6-23/h7,12H,3-6,8-9H2,1-2H3,(H,18,20,21)/t12?,16-,23?/m0/s1. The number of hydrogen-bond acceptors (Lipinski definition) is 7. The van der Waals surface area contributed by atoms with Crippen LogP contribution in [0, 0.1) is 25.0 Å². The van der Waals surface area contributed by atoms with E-state index in [1.165, 1.54) is 0 Å². The van der Waals surface area contributed by atoms with Gasteiger partial charge in [-0.3, -0.25) is 10.3 Å². The zero-order valence-electron chi connectivity index (χ0n) is 14.4. The molecule has 2 aromatic rings. The molecule has 3 fully saturated rings. The second kappa shape index (κ2) is 4.89. The number of nitrogens with one attached hydrogen (secondary N) is 1. The molecular formula is C16H21N7O2. The molecule has 0 aliphatic carbocycles. The Morgan fingerprint density at radius 2 is 2.16 bits per heavy atom. The fourth-order valence-corrected chi connectivity index (χ4v) is 4.37. The minimum Gasteiger partial charge on any atom is -0.633 e. The maximum absolute atomic E-state index is 12.7. The van der Waals surface area contributed by atoms with Gasteiger partial charge in [0, 0.05) is 18.8 Å². The molecule has 2 bridgehead atoms. The largest absolute Gasteiger partial charge is 0.633 e. The van der Waals surface area contributed by atoms with E-state index in [2.05, 4.69) is 25.4 Å². The average Bonchev–Trinajstić information content (AvgIpc) is 3.16. The van der Waals surface area contributed by atoms with Crippen molar-refractivity contribution >= 4 is 17.6 Å². The molecule has 9 heteroatoms. The lowest BCUT2D eigenvalue weighted by Gasteiger charge is -2.58. The minimum absolute atomic E-state index is 0.143. The molecule has 1 spiro atoms. The molecule has 0 aromatic carbocycles. The molecule has 9 nitrogen and oxygen atoms in total. The summed E-state index contributed by atoms with van der Waals surface area (Å²) in [5.74, 6) is 0.839. The normalized spacial score (nSPS) is 33.7. The molecule has 6 rings (SSSR count). The number of hydroxylamine groups is 3. The van der Waals surface area contributed by atoms with Crippen molar-refractivity contribution in [3.8, 4) is 0 Å². The van der Waals surface area contributed by atoms with Gasteiger partial charge in [-0.05, 0) is 13.8 Å². The number of anilines is 1. The second-order valence-electron chi connectivity index (χ2n) is 7.49. The fraction of sp³-hybridized carbons (Fsp3) is 0.625. The Morgan fingerprint density at radius 3 is 2.92 bits per heavy atom. The van der Waals surface area contributed by atoms with Gasteiger partial charge in [-0.2, -0.15) is 4.98 Å². The maximum atomic E-state index is 12.7. The van der Waals surface area contributed by atoms with E-state index >= 15 is 0 Å². The first-order chi connectivity index (χ1) is 12.0. The van der Waals surface area contributed by atoms with Crippen molar-refractivity contribution in [3.05, 3.63) is 22.8 Å². The molecule has 0 amide bonds. The van der Waals surface area contributed by atoms with Crippen molar-refractivity contribution in [1.29, 1.82) is 0 Å². The number of aromatic nitrogens is 4. The number of aryl methyl sites for hydroxylation is 2. The van der Waals surface area contributed by atoms with E-state index < -0.39 is 5.60 Å². The SMILES string of the molecule is Cc1ncc2nc(NC3=NC[C@@]4(C[N+]5([O-])CCC4CC5)O3)nn2c1C. The first-order valence-electron chi connectivity index (χ1n) is 8.73. The van der Waals surface area contributed by atoms with Crippen LogP contribution in [0.25, 0.3) is 5.65 Å². The highest BCUT2D eigenvalue weighted by Gasteiger charge is 2.56. The molecule has 1 atom stereocenters. The quantitative estimate of drug-likeness (QED) is 0.613. The highest BCUT2D eigenvalue weighted by molar-refractivity contribution is 5.88. The summed E-state index contributed by atoms with van der Waals surface area (Å²) < 4.78 is 7.77. The van der Waals surface area contributed by atoms with Crippen LogP contribution < -0.4 is 5.32 Å². The zero-order valence-corrected chi connectivity index (χ0v) is 14.4. The molecule has 1 N–H and O–H groups in total. The monoisotopic (exact) mass is 343 g/mol. The molecule has 25 heavy (non-hydrogen) atoms. The molecular weight excluding hydrogens is 322 g/mol. The van der Waals surface area contributed by atoms with E-state index in [1.807, 2.05) is 13.8 Å². The number of ether oxygens (including phenoxy) is 1. The number of aliphatic imine (C=N–C) groups is 1. The summed E-state index contributed by atoms with van der Waals surface area (Å²) in [5, 5.41) is 20.2. The third-order valence-corrected chi connectivity index (χ3v) is 5.93. The Balaban J connectivity index is 1.37. The summed E-state index contributed by atoms with van der Waals surface area (Å²) in [7, 11) is 0. The van der Waals surface area contributed by atoms with Crippen molar-refractivity contribution in [2.75, 3.05) is 31.5 Å². The number of fused-ring (bicyclic) bond motifs is 3. The van der Waals surface area contributed by atoms with Crippen LogP contribution in [-0.2, 0) is 4.74 Å². The van der Waals surface area contributed by atoms with Gasteiger partial charge in [0.1, 0.15) is 6.54 Å². The second-order valence-corrected chi connectivity index (χ2v) is 7.49. The van der Waals surface area contributed by atoms with Crippen LogP contribution in [0.15, 0.2) is 11.2 Å². The summed E-state index contributed by atoms with van der Waals surface area (Å²) in [6.07, 6.45) is 3.53. The lowest BCUT2D eigenvalue weighted by molar-refractivity contribution is -0.905. The smallest absolute Gasteiger partial charge is 0.292 e. The summed E-state index contributed by atoms with van der Waals surface area (Å²) >= 11 is 0. The van der Waals surface area contributed by atoms with Gasteiger partial charge in [0.2, 0.25) is 0 Å². The van der Waals surface area contributed by atoms with E-state index in [1.54, 1.807) is 10.7 Å². The van der Waals surface area contributed by atoms with Crippen LogP contribution in [0.1, 0.15) is 24.2 Å². The maximum Gasteiger partial charge on any atom is 0.292 e. The van der Waals surface area contributed by atoms with E-state index in [0.29, 0.717) is 49.7 Å². The van der Waals surface area contributed by atoms with Gasteiger partial charge in [0.05, 0.1) is 37.2 Å². The summed E-state index contributed by atoms with van der Waals surface area (Å²) in [6.45, 7) is 6.34. The first-order valence-corrected chi connectivity index (χ1v) is 8.73. The van der Waals surface area contributed by atoms with Crippen LogP contribution in [0.5, 0.6) is 0 Å². The first kappa shape index (κ1) is 15.0. The van der Waals surface area contributed by atoms with E-state index in [0.717, 1.165) is 24.2 Å². The highest BCUT2D eigenvalue weighted by Crippen LogP contribution is 2.44. The molecule has 2 aromatic heterocycles. The Morgan fingerprint density at radius 1 is 1.36 bits per heavy atom. The number of amidine groups is 1. The van der Waals surface area contributed by atoms with Crippen LogP contribution in [-0.4, -0.2) is 62.0 Å². The van der Waals surface area contributed by atoms with Crippen molar-refractivity contribution in [2.45, 2.75) is 32.3 Å². The predicted octanol–water partition coefficient (Wildman–Crippen LogP) is 1.02. The predicted molar refractivity (Wildman–Crippen MR) is 90.9 cm³/mol. The van der Waals surface area contributed by atoms with Gasteiger partial charge in [-0.1, -0.05) is 0 Å². The molecule has 0 radical (unpaired) electrons. The molecule has 3 saturated heterocycles. The molecule has 0 saturated carbocycles. The number of rotatable bonds is 1. The zero-order chi connectivity index (χ0) is 17.2. The molecule has 4 aliphatic rings. The van der Waals surface area contributed by atoms with Crippen molar-refractivity contribution < 1.29 is 9.38 Å². The Bertz CT molecular complexity index is 884. The van der Waals surface area contributed by atoms with Gasteiger partial charge in [0.15, 0.2) is 11.2 Å². The Kier molecular flexibility index (Phi) is 2.94. The Labute approximate surface area is 144 Å². The van der Waals surface area contributed by atoms with Crippen LogP contribution in [0.4, 0.5) is 5.95 Å². The third-order valence-electron chi connectivity index (χ3n) is 5.93. The van der Waals surface area contributed by atoms with Crippen molar-refractivity contribution in [1.82, 2.24) is 19.6 Å². The van der Waals surface area contributed by atoms with Gasteiger partial charge >= 0.3 is 0 Å². The number of piperidine rings is 3. The number of hydrogen-bond donors (Lipinski definition) is 1. The van der Waals surface area contributed by atoms with Crippen LogP contribution in [0.2, 0.25) is 0 Å². The third kappa shape index (κ3) is 2.22. The van der Waals surface area contributed by atoms with E-state index in [4.69, 9.17) is 4.74 Å². The lowest BCUT2D eigenvalue weighted by Crippen LogP contribution is -2.67. The number of nitrogens with zero attached hydrogens (tertiary/aromatic N) is 6. The highest BCUT2D eigenvalue weighted by atomic mass is 16.6. The van der Waals surface area contributed by atoms with Crippen molar-refractivity contribution in [2.24, 2.45) is 10.9 Å². The summed E-state index contributed by atoms with van der Waals surface area (Å²) in [5.41, 5.74) is 2.08. The van der Waals surface area contributed by atoms with E-state index in [9.17, 15) is 5.21 Å². The van der Waals surface area contributed by atoms with Gasteiger partial charge in [-0.15, -0.1) is 5.10 Å². The molecule has 0 unspecified atom stereocenters. The van der Waals surface area contributed by atoms with Crippen LogP contribution in [0.3, 0.4) is 0 Å². The summed E-state index contributed by atoms with van der Waals surface area (Å²) in [4.78, 5) is 13.2. The van der Waals surface area contributed by atoms with Crippen LogP contribution >= 0.6 is 0 Å². The fourth-order valence-electron chi connectivity index (χ4n) is 4.37. The molecule has 132 valence electrons. The Hall–Kier alpha value is -2.26. The molecule has 4 aliphatic heterocycles. The average molecular weight is 343 g/mol. The topological polar surface area (TPSA) is 99.8 Å². The van der Waals surface area contributed by atoms with Gasteiger partial charge in [0.25, 0.3) is 12.0 Å². The van der Waals surface area contributed by atoms with Crippen molar-refractivity contribution in [3.63, 3.8) is 0 Å².